The maximum absolute atomic E-state index is 12.9. The Kier molecular flexibility index (Phi) is 5.80. The Morgan fingerprint density at radius 3 is 2.67 bits per heavy atom. The Balaban J connectivity index is 2.47. The molecule has 7 heteroatoms. The fourth-order valence-corrected chi connectivity index (χ4v) is 2.41. The van der Waals surface area contributed by atoms with Crippen LogP contribution in [-0.4, -0.2) is 30.4 Å². The lowest BCUT2D eigenvalue weighted by atomic mass is 10.1. The molecule has 0 atom stereocenters. The van der Waals surface area contributed by atoms with Crippen molar-refractivity contribution in [3.05, 3.63) is 57.8 Å². The van der Waals surface area contributed by atoms with Crippen LogP contribution in [0.3, 0.4) is 0 Å². The number of likely N-dealkylation sites (N-methyl/N-ethyl adjacent to an activating group) is 1. The third-order valence-corrected chi connectivity index (χ3v) is 3.69. The molecular formula is C17H13Cl2N3O2. The van der Waals surface area contributed by atoms with E-state index in [0.29, 0.717) is 11.3 Å². The summed E-state index contributed by atoms with van der Waals surface area (Å²) in [7, 11) is 1.49. The predicted octanol–water partition coefficient (Wildman–Crippen LogP) is 2.76. The molecule has 5 nitrogen and oxygen atoms in total. The minimum Gasteiger partial charge on any atom is -0.358 e. The topological polar surface area (TPSA) is 62.3 Å². The summed E-state index contributed by atoms with van der Waals surface area (Å²) in [6.07, 6.45) is 5.40. The minimum absolute atomic E-state index is 0.0393. The molecular weight excluding hydrogens is 349 g/mol. The molecule has 1 N–H and O–H groups in total. The van der Waals surface area contributed by atoms with E-state index in [2.05, 4.69) is 16.2 Å². The van der Waals surface area contributed by atoms with Gasteiger partial charge in [0, 0.05) is 18.3 Å². The molecule has 2 amide bonds. The van der Waals surface area contributed by atoms with Crippen LogP contribution in [0.2, 0.25) is 10.3 Å². The second kappa shape index (κ2) is 7.82. The molecule has 24 heavy (non-hydrogen) atoms. The van der Waals surface area contributed by atoms with Crippen molar-refractivity contribution < 1.29 is 9.59 Å². The lowest BCUT2D eigenvalue weighted by molar-refractivity contribution is -0.119. The van der Waals surface area contributed by atoms with Gasteiger partial charge in [-0.25, -0.2) is 4.98 Å². The number of rotatable bonds is 4. The summed E-state index contributed by atoms with van der Waals surface area (Å²) in [4.78, 5) is 29.8. The quantitative estimate of drug-likeness (QED) is 0.672. The van der Waals surface area contributed by atoms with Gasteiger partial charge in [-0.2, -0.15) is 0 Å². The summed E-state index contributed by atoms with van der Waals surface area (Å²) in [6.45, 7) is -0.192. The Labute approximate surface area is 149 Å². The van der Waals surface area contributed by atoms with E-state index in [9.17, 15) is 9.59 Å². The largest absolute Gasteiger partial charge is 0.358 e. The maximum Gasteiger partial charge on any atom is 0.261 e. The Hall–Kier alpha value is -2.55. The van der Waals surface area contributed by atoms with Crippen LogP contribution in [-0.2, 0) is 4.79 Å². The Morgan fingerprint density at radius 2 is 2.04 bits per heavy atom. The summed E-state index contributed by atoms with van der Waals surface area (Å²) in [5.74, 6) is 1.67. The van der Waals surface area contributed by atoms with Crippen molar-refractivity contribution in [2.75, 3.05) is 18.5 Å². The summed E-state index contributed by atoms with van der Waals surface area (Å²) in [5, 5.41) is 2.61. The number of terminal acetylenes is 1. The molecule has 0 saturated heterocycles. The standard InChI is InChI=1S/C17H13Cl2N3O2/c1-3-11-5-4-6-12(9-11)22(10-15(23)20-2)17(24)13-7-8-14(18)21-16(13)19/h1,4-9H,10H2,2H3,(H,20,23). The number of nitrogens with zero attached hydrogens (tertiary/aromatic N) is 2. The van der Waals surface area contributed by atoms with E-state index in [4.69, 9.17) is 29.6 Å². The molecule has 1 aromatic heterocycles. The third-order valence-electron chi connectivity index (χ3n) is 3.20. The van der Waals surface area contributed by atoms with Crippen LogP contribution >= 0.6 is 23.2 Å². The molecule has 1 heterocycles. The van der Waals surface area contributed by atoms with Crippen LogP contribution < -0.4 is 10.2 Å². The van der Waals surface area contributed by atoms with Gasteiger partial charge in [-0.3, -0.25) is 14.5 Å². The van der Waals surface area contributed by atoms with E-state index in [0.717, 1.165) is 0 Å². The molecule has 0 aliphatic heterocycles. The molecule has 0 unspecified atom stereocenters. The summed E-state index contributed by atoms with van der Waals surface area (Å²) >= 11 is 11.8. The first-order chi connectivity index (χ1) is 11.5. The molecule has 0 bridgehead atoms. The van der Waals surface area contributed by atoms with Crippen molar-refractivity contribution in [1.82, 2.24) is 10.3 Å². The van der Waals surface area contributed by atoms with Crippen molar-refractivity contribution >= 4 is 40.7 Å². The maximum atomic E-state index is 12.9. The number of anilines is 1. The van der Waals surface area contributed by atoms with Gasteiger partial charge in [-0.15, -0.1) is 6.42 Å². The summed E-state index contributed by atoms with van der Waals surface area (Å²) < 4.78 is 0. The zero-order valence-electron chi connectivity index (χ0n) is 12.7. The van der Waals surface area contributed by atoms with Crippen LogP contribution in [0, 0.1) is 12.3 Å². The first kappa shape index (κ1) is 17.8. The van der Waals surface area contributed by atoms with Crippen molar-refractivity contribution in [1.29, 1.82) is 0 Å². The lowest BCUT2D eigenvalue weighted by Crippen LogP contribution is -2.40. The van der Waals surface area contributed by atoms with E-state index in [1.165, 1.54) is 24.1 Å². The average molecular weight is 362 g/mol. The summed E-state index contributed by atoms with van der Waals surface area (Å²) in [5.41, 5.74) is 1.20. The van der Waals surface area contributed by atoms with Gasteiger partial charge in [0.15, 0.2) is 0 Å². The number of pyridine rings is 1. The number of amides is 2. The first-order valence-electron chi connectivity index (χ1n) is 6.87. The van der Waals surface area contributed by atoms with Gasteiger partial charge in [0.05, 0.1) is 5.56 Å². The number of carbonyl (C=O) groups excluding carboxylic acids is 2. The van der Waals surface area contributed by atoms with E-state index in [-0.39, 0.29) is 28.3 Å². The lowest BCUT2D eigenvalue weighted by Gasteiger charge is -2.22. The second-order valence-corrected chi connectivity index (χ2v) is 5.48. The Bertz CT molecular complexity index is 831. The van der Waals surface area contributed by atoms with Gasteiger partial charge in [-0.05, 0) is 30.3 Å². The van der Waals surface area contributed by atoms with E-state index >= 15 is 0 Å². The monoisotopic (exact) mass is 361 g/mol. The molecule has 0 radical (unpaired) electrons. The molecule has 0 saturated carbocycles. The smallest absolute Gasteiger partial charge is 0.261 e. The number of hydrogen-bond donors (Lipinski definition) is 1. The van der Waals surface area contributed by atoms with Crippen LogP contribution in [0.1, 0.15) is 15.9 Å². The number of halogens is 2. The highest BCUT2D eigenvalue weighted by Gasteiger charge is 2.23. The van der Waals surface area contributed by atoms with Crippen molar-refractivity contribution in [2.24, 2.45) is 0 Å². The highest BCUT2D eigenvalue weighted by Crippen LogP contribution is 2.23. The normalized spacial score (nSPS) is 9.92. The van der Waals surface area contributed by atoms with Gasteiger partial charge in [0.25, 0.3) is 5.91 Å². The van der Waals surface area contributed by atoms with Crippen LogP contribution in [0.25, 0.3) is 0 Å². The molecule has 0 aliphatic carbocycles. The Morgan fingerprint density at radius 1 is 1.29 bits per heavy atom. The highest BCUT2D eigenvalue weighted by atomic mass is 35.5. The number of hydrogen-bond acceptors (Lipinski definition) is 3. The average Bonchev–Trinajstić information content (AvgIpc) is 2.59. The van der Waals surface area contributed by atoms with E-state index < -0.39 is 5.91 Å². The predicted molar refractivity (Wildman–Crippen MR) is 94.4 cm³/mol. The number of carbonyl (C=O) groups is 2. The first-order valence-corrected chi connectivity index (χ1v) is 7.63. The van der Waals surface area contributed by atoms with Gasteiger partial charge in [0.1, 0.15) is 16.9 Å². The van der Waals surface area contributed by atoms with E-state index in [1.807, 2.05) is 0 Å². The van der Waals surface area contributed by atoms with Crippen molar-refractivity contribution in [2.45, 2.75) is 0 Å². The number of aromatic nitrogens is 1. The number of benzene rings is 1. The molecule has 2 rings (SSSR count). The van der Waals surface area contributed by atoms with Crippen LogP contribution in [0.15, 0.2) is 36.4 Å². The van der Waals surface area contributed by atoms with Gasteiger partial charge in [0.2, 0.25) is 5.91 Å². The third kappa shape index (κ3) is 4.05. The van der Waals surface area contributed by atoms with E-state index in [1.54, 1.807) is 24.3 Å². The molecule has 2 aromatic rings. The fourth-order valence-electron chi connectivity index (χ4n) is 1.98. The molecule has 0 fully saturated rings. The second-order valence-electron chi connectivity index (χ2n) is 4.73. The molecule has 0 aliphatic rings. The van der Waals surface area contributed by atoms with Gasteiger partial charge in [-0.1, -0.05) is 35.2 Å². The summed E-state index contributed by atoms with van der Waals surface area (Å²) in [6, 6.07) is 9.66. The fraction of sp³-hybridized carbons (Fsp3) is 0.118. The van der Waals surface area contributed by atoms with Gasteiger partial charge >= 0.3 is 0 Å². The molecule has 0 spiro atoms. The van der Waals surface area contributed by atoms with Crippen LogP contribution in [0.5, 0.6) is 0 Å². The molecule has 1 aromatic carbocycles. The zero-order chi connectivity index (χ0) is 17.7. The highest BCUT2D eigenvalue weighted by molar-refractivity contribution is 6.35. The van der Waals surface area contributed by atoms with Gasteiger partial charge < -0.3 is 5.32 Å². The van der Waals surface area contributed by atoms with Crippen LogP contribution in [0.4, 0.5) is 5.69 Å². The molecule has 122 valence electrons. The number of nitrogens with one attached hydrogen (secondary N) is 1. The van der Waals surface area contributed by atoms with Crippen molar-refractivity contribution in [3.8, 4) is 12.3 Å². The minimum atomic E-state index is -0.484. The SMILES string of the molecule is C#Cc1cccc(N(CC(=O)NC)C(=O)c2ccc(Cl)nc2Cl)c1. The van der Waals surface area contributed by atoms with Crippen molar-refractivity contribution in [3.63, 3.8) is 0 Å². The zero-order valence-corrected chi connectivity index (χ0v) is 14.2.